The number of aryl methyl sites for hydroxylation is 2. The monoisotopic (exact) mass is 344 g/mol. The zero-order chi connectivity index (χ0) is 16.5. The molecule has 0 amide bonds. The molecule has 0 radical (unpaired) electrons. The van der Waals surface area contributed by atoms with Gasteiger partial charge in [0.1, 0.15) is 11.6 Å². The molecule has 3 aromatic rings. The maximum absolute atomic E-state index is 5.79. The Labute approximate surface area is 144 Å². The standard InChI is InChI=1S/C16H20N6OS/c1-10(15-20-21-16(23-15)13-4-3-7-24-13)17-8-12-5-6-14-19-18-11(2)22(14)9-12/h3-4,7,10,12,17H,5-6,8-9H2,1-2H3. The van der Waals surface area contributed by atoms with Crippen molar-refractivity contribution in [3.8, 4) is 10.8 Å². The van der Waals surface area contributed by atoms with Gasteiger partial charge >= 0.3 is 0 Å². The lowest BCUT2D eigenvalue weighted by molar-refractivity contribution is 0.320. The Balaban J connectivity index is 1.36. The SMILES string of the molecule is Cc1nnc2n1CC(CNC(C)c1nnc(-c3cccs3)o1)CC2. The van der Waals surface area contributed by atoms with Crippen molar-refractivity contribution < 1.29 is 4.42 Å². The van der Waals surface area contributed by atoms with Crippen molar-refractivity contribution in [1.82, 2.24) is 30.3 Å². The molecule has 0 aliphatic carbocycles. The van der Waals surface area contributed by atoms with E-state index in [2.05, 4.69) is 37.2 Å². The van der Waals surface area contributed by atoms with Gasteiger partial charge in [-0.3, -0.25) is 0 Å². The summed E-state index contributed by atoms with van der Waals surface area (Å²) >= 11 is 1.60. The van der Waals surface area contributed by atoms with Gasteiger partial charge in [0.15, 0.2) is 0 Å². The number of fused-ring (bicyclic) bond motifs is 1. The first-order valence-electron chi connectivity index (χ1n) is 8.20. The van der Waals surface area contributed by atoms with Gasteiger partial charge in [0.25, 0.3) is 5.89 Å². The van der Waals surface area contributed by atoms with E-state index in [9.17, 15) is 0 Å². The van der Waals surface area contributed by atoms with Crippen LogP contribution in [-0.4, -0.2) is 31.5 Å². The maximum Gasteiger partial charge on any atom is 0.257 e. The van der Waals surface area contributed by atoms with Gasteiger partial charge in [-0.25, -0.2) is 0 Å². The largest absolute Gasteiger partial charge is 0.418 e. The van der Waals surface area contributed by atoms with E-state index >= 15 is 0 Å². The normalized spacial score (nSPS) is 18.5. The molecule has 2 unspecified atom stereocenters. The predicted octanol–water partition coefficient (Wildman–Crippen LogP) is 2.61. The summed E-state index contributed by atoms with van der Waals surface area (Å²) in [5, 5.41) is 22.2. The first-order chi connectivity index (χ1) is 11.7. The van der Waals surface area contributed by atoms with E-state index in [0.29, 0.717) is 17.7 Å². The predicted molar refractivity (Wildman–Crippen MR) is 90.6 cm³/mol. The van der Waals surface area contributed by atoms with Gasteiger partial charge in [-0.05, 0) is 37.6 Å². The Hall–Kier alpha value is -2.06. The number of aromatic nitrogens is 5. The van der Waals surface area contributed by atoms with Crippen molar-refractivity contribution >= 4 is 11.3 Å². The van der Waals surface area contributed by atoms with Crippen molar-refractivity contribution in [2.75, 3.05) is 6.54 Å². The van der Waals surface area contributed by atoms with E-state index < -0.39 is 0 Å². The van der Waals surface area contributed by atoms with E-state index in [4.69, 9.17) is 4.42 Å². The van der Waals surface area contributed by atoms with Gasteiger partial charge < -0.3 is 14.3 Å². The fourth-order valence-electron chi connectivity index (χ4n) is 3.04. The molecule has 126 valence electrons. The van der Waals surface area contributed by atoms with Crippen LogP contribution in [0.5, 0.6) is 0 Å². The lowest BCUT2D eigenvalue weighted by Gasteiger charge is -2.25. The van der Waals surface area contributed by atoms with Crippen LogP contribution in [0, 0.1) is 12.8 Å². The van der Waals surface area contributed by atoms with E-state index in [0.717, 1.165) is 42.5 Å². The van der Waals surface area contributed by atoms with E-state index in [1.54, 1.807) is 11.3 Å². The van der Waals surface area contributed by atoms with Crippen LogP contribution in [0.3, 0.4) is 0 Å². The third kappa shape index (κ3) is 2.99. The molecule has 8 heteroatoms. The summed E-state index contributed by atoms with van der Waals surface area (Å²) in [5.41, 5.74) is 0. The Morgan fingerprint density at radius 1 is 1.38 bits per heavy atom. The molecular weight excluding hydrogens is 324 g/mol. The summed E-state index contributed by atoms with van der Waals surface area (Å²) in [5.74, 6) is 3.90. The van der Waals surface area contributed by atoms with Crippen molar-refractivity contribution in [1.29, 1.82) is 0 Å². The molecule has 7 nitrogen and oxygen atoms in total. The first kappa shape index (κ1) is 15.5. The quantitative estimate of drug-likeness (QED) is 0.766. The molecule has 0 spiro atoms. The lowest BCUT2D eigenvalue weighted by atomic mass is 9.99. The number of nitrogens with one attached hydrogen (secondary N) is 1. The van der Waals surface area contributed by atoms with E-state index in [1.165, 1.54) is 0 Å². The second kappa shape index (κ2) is 6.45. The van der Waals surface area contributed by atoms with Crippen LogP contribution in [0.15, 0.2) is 21.9 Å². The fourth-order valence-corrected chi connectivity index (χ4v) is 3.68. The number of rotatable bonds is 5. The molecule has 0 bridgehead atoms. The summed E-state index contributed by atoms with van der Waals surface area (Å²) in [6.07, 6.45) is 2.12. The zero-order valence-electron chi connectivity index (χ0n) is 13.8. The molecule has 3 aromatic heterocycles. The Kier molecular flexibility index (Phi) is 4.15. The van der Waals surface area contributed by atoms with Crippen LogP contribution in [0.2, 0.25) is 0 Å². The maximum atomic E-state index is 5.79. The van der Waals surface area contributed by atoms with E-state index in [1.807, 2.05) is 24.4 Å². The minimum absolute atomic E-state index is 0.0367. The van der Waals surface area contributed by atoms with Gasteiger partial charge in [0.05, 0.1) is 10.9 Å². The average molecular weight is 344 g/mol. The Morgan fingerprint density at radius 3 is 3.12 bits per heavy atom. The summed E-state index contributed by atoms with van der Waals surface area (Å²) in [4.78, 5) is 1.00. The van der Waals surface area contributed by atoms with Crippen LogP contribution >= 0.6 is 11.3 Å². The minimum atomic E-state index is 0.0367. The highest BCUT2D eigenvalue weighted by molar-refractivity contribution is 7.13. The number of thiophene rings is 1. The molecule has 0 saturated carbocycles. The summed E-state index contributed by atoms with van der Waals surface area (Å²) in [6.45, 7) is 5.95. The van der Waals surface area contributed by atoms with Crippen molar-refractivity contribution in [2.24, 2.45) is 5.92 Å². The summed E-state index contributed by atoms with van der Waals surface area (Å²) < 4.78 is 8.02. The van der Waals surface area contributed by atoms with Crippen LogP contribution < -0.4 is 5.32 Å². The first-order valence-corrected chi connectivity index (χ1v) is 9.08. The van der Waals surface area contributed by atoms with Crippen LogP contribution in [0.25, 0.3) is 10.8 Å². The topological polar surface area (TPSA) is 81.7 Å². The van der Waals surface area contributed by atoms with Crippen LogP contribution in [0.4, 0.5) is 0 Å². The lowest BCUT2D eigenvalue weighted by Crippen LogP contribution is -2.32. The second-order valence-electron chi connectivity index (χ2n) is 6.23. The van der Waals surface area contributed by atoms with Crippen LogP contribution in [0.1, 0.15) is 36.9 Å². The number of hydrogen-bond acceptors (Lipinski definition) is 7. The Bertz CT molecular complexity index is 809. The van der Waals surface area contributed by atoms with Crippen molar-refractivity contribution in [3.63, 3.8) is 0 Å². The molecule has 0 fully saturated rings. The van der Waals surface area contributed by atoms with Gasteiger partial charge in [-0.1, -0.05) is 6.07 Å². The summed E-state index contributed by atoms with van der Waals surface area (Å²) in [6, 6.07) is 4.01. The van der Waals surface area contributed by atoms with Gasteiger partial charge in [0, 0.05) is 19.5 Å². The highest BCUT2D eigenvalue weighted by Crippen LogP contribution is 2.25. The number of nitrogens with zero attached hydrogens (tertiary/aromatic N) is 5. The second-order valence-corrected chi connectivity index (χ2v) is 7.18. The average Bonchev–Trinajstić information content (AvgIpc) is 3.33. The molecule has 1 aliphatic heterocycles. The fraction of sp³-hybridized carbons (Fsp3) is 0.500. The molecule has 0 aromatic carbocycles. The molecular formula is C16H20N6OS. The minimum Gasteiger partial charge on any atom is -0.418 e. The third-order valence-electron chi connectivity index (χ3n) is 4.49. The van der Waals surface area contributed by atoms with Crippen LogP contribution in [-0.2, 0) is 13.0 Å². The highest BCUT2D eigenvalue weighted by Gasteiger charge is 2.23. The van der Waals surface area contributed by atoms with Gasteiger partial charge in [-0.2, -0.15) is 0 Å². The zero-order valence-corrected chi connectivity index (χ0v) is 14.6. The van der Waals surface area contributed by atoms with Crippen molar-refractivity contribution in [2.45, 2.75) is 39.3 Å². The molecule has 4 rings (SSSR count). The smallest absolute Gasteiger partial charge is 0.257 e. The summed E-state index contributed by atoms with van der Waals surface area (Å²) in [7, 11) is 0. The highest BCUT2D eigenvalue weighted by atomic mass is 32.1. The van der Waals surface area contributed by atoms with E-state index in [-0.39, 0.29) is 6.04 Å². The third-order valence-corrected chi connectivity index (χ3v) is 5.34. The molecule has 2 atom stereocenters. The molecule has 1 aliphatic rings. The number of hydrogen-bond donors (Lipinski definition) is 1. The Morgan fingerprint density at radius 2 is 2.29 bits per heavy atom. The molecule has 4 heterocycles. The van der Waals surface area contributed by atoms with Gasteiger partial charge in [0.2, 0.25) is 5.89 Å². The van der Waals surface area contributed by atoms with Crippen molar-refractivity contribution in [3.05, 3.63) is 35.1 Å². The van der Waals surface area contributed by atoms with Gasteiger partial charge in [-0.15, -0.1) is 31.7 Å². The molecule has 1 N–H and O–H groups in total. The molecule has 24 heavy (non-hydrogen) atoms. The molecule has 0 saturated heterocycles.